The van der Waals surface area contributed by atoms with Crippen LogP contribution >= 0.6 is 11.6 Å². The summed E-state index contributed by atoms with van der Waals surface area (Å²) in [7, 11) is 1.48. The number of ether oxygens (including phenoxy) is 1. The number of amides is 1. The molecule has 8 heteroatoms. The van der Waals surface area contributed by atoms with E-state index in [4.69, 9.17) is 16.3 Å². The Morgan fingerprint density at radius 1 is 1.50 bits per heavy atom. The van der Waals surface area contributed by atoms with Crippen LogP contribution in [-0.4, -0.2) is 28.5 Å². The van der Waals surface area contributed by atoms with Crippen molar-refractivity contribution in [3.8, 4) is 5.75 Å². The van der Waals surface area contributed by atoms with Gasteiger partial charge in [0.05, 0.1) is 17.5 Å². The first-order valence-electron chi connectivity index (χ1n) is 6.36. The standard InChI is InChI=1S/C14H14ClFN4O2/c1-9-12(14(16)20(2)19-9)7-17-18-13(21)8-22-11-5-3-10(15)4-6-11/h3-7H,8H2,1-2H3,(H,18,21). The molecule has 22 heavy (non-hydrogen) atoms. The van der Waals surface area contributed by atoms with Gasteiger partial charge in [-0.25, -0.2) is 10.1 Å². The van der Waals surface area contributed by atoms with Crippen molar-refractivity contribution >= 4 is 23.7 Å². The molecule has 0 aliphatic rings. The van der Waals surface area contributed by atoms with Crippen molar-refractivity contribution in [1.29, 1.82) is 0 Å². The van der Waals surface area contributed by atoms with E-state index in [1.165, 1.54) is 13.3 Å². The van der Waals surface area contributed by atoms with Crippen molar-refractivity contribution < 1.29 is 13.9 Å². The number of nitrogens with one attached hydrogen (secondary N) is 1. The zero-order valence-corrected chi connectivity index (χ0v) is 12.8. The molecule has 2 aromatic rings. The molecule has 1 aromatic carbocycles. The summed E-state index contributed by atoms with van der Waals surface area (Å²) < 4.78 is 20.0. The van der Waals surface area contributed by atoms with Gasteiger partial charge in [-0.1, -0.05) is 11.6 Å². The third-order valence-corrected chi connectivity index (χ3v) is 3.01. The molecule has 2 rings (SSSR count). The van der Waals surface area contributed by atoms with Gasteiger partial charge in [-0.15, -0.1) is 0 Å². The van der Waals surface area contributed by atoms with Gasteiger partial charge in [0, 0.05) is 12.1 Å². The average molecular weight is 325 g/mol. The average Bonchev–Trinajstić information content (AvgIpc) is 2.73. The predicted octanol–water partition coefficient (Wildman–Crippen LogP) is 2.05. The Labute approximate surface area is 131 Å². The lowest BCUT2D eigenvalue weighted by molar-refractivity contribution is -0.123. The third kappa shape index (κ3) is 4.05. The second kappa shape index (κ2) is 7.04. The summed E-state index contributed by atoms with van der Waals surface area (Å²) in [6.45, 7) is 1.43. The Balaban J connectivity index is 1.85. The van der Waals surface area contributed by atoms with Crippen LogP contribution in [0.15, 0.2) is 29.4 Å². The monoisotopic (exact) mass is 324 g/mol. The van der Waals surface area contributed by atoms with Gasteiger partial charge in [-0.3, -0.25) is 4.79 Å². The van der Waals surface area contributed by atoms with E-state index >= 15 is 0 Å². The Morgan fingerprint density at radius 3 is 2.77 bits per heavy atom. The van der Waals surface area contributed by atoms with E-state index in [2.05, 4.69) is 15.6 Å². The highest BCUT2D eigenvalue weighted by Crippen LogP contribution is 2.15. The lowest BCUT2D eigenvalue weighted by Crippen LogP contribution is -2.24. The van der Waals surface area contributed by atoms with Crippen molar-refractivity contribution in [2.75, 3.05) is 6.61 Å². The molecule has 0 saturated carbocycles. The number of carbonyl (C=O) groups is 1. The molecule has 0 bridgehead atoms. The number of benzene rings is 1. The Kier molecular flexibility index (Phi) is 5.11. The highest BCUT2D eigenvalue weighted by atomic mass is 35.5. The van der Waals surface area contributed by atoms with Gasteiger partial charge in [0.1, 0.15) is 5.75 Å². The SMILES string of the molecule is Cc1nn(C)c(F)c1C=NNC(=O)COc1ccc(Cl)cc1. The van der Waals surface area contributed by atoms with E-state index in [1.54, 1.807) is 31.2 Å². The number of carbonyl (C=O) groups excluding carboxylic acids is 1. The van der Waals surface area contributed by atoms with E-state index in [-0.39, 0.29) is 12.2 Å². The maximum atomic E-state index is 13.6. The fraction of sp³-hybridized carbons (Fsp3) is 0.214. The second-order valence-corrected chi connectivity index (χ2v) is 4.89. The maximum Gasteiger partial charge on any atom is 0.277 e. The zero-order chi connectivity index (χ0) is 16.1. The van der Waals surface area contributed by atoms with Gasteiger partial charge in [-0.2, -0.15) is 14.6 Å². The number of halogens is 2. The second-order valence-electron chi connectivity index (χ2n) is 4.45. The Morgan fingerprint density at radius 2 is 2.18 bits per heavy atom. The molecule has 0 saturated heterocycles. The molecular weight excluding hydrogens is 311 g/mol. The molecular formula is C14H14ClFN4O2. The minimum atomic E-state index is -0.520. The summed E-state index contributed by atoms with van der Waals surface area (Å²) in [5.41, 5.74) is 2.96. The Hall–Kier alpha value is -2.41. The van der Waals surface area contributed by atoms with Gasteiger partial charge >= 0.3 is 0 Å². The van der Waals surface area contributed by atoms with Crippen molar-refractivity contribution in [2.45, 2.75) is 6.92 Å². The van der Waals surface area contributed by atoms with Gasteiger partial charge in [0.25, 0.3) is 5.91 Å². The van der Waals surface area contributed by atoms with Crippen LogP contribution < -0.4 is 10.2 Å². The van der Waals surface area contributed by atoms with Crippen LogP contribution in [0.3, 0.4) is 0 Å². The topological polar surface area (TPSA) is 68.5 Å². The molecule has 0 unspecified atom stereocenters. The molecule has 0 aliphatic heterocycles. The summed E-state index contributed by atoms with van der Waals surface area (Å²) >= 11 is 5.74. The highest BCUT2D eigenvalue weighted by molar-refractivity contribution is 6.30. The third-order valence-electron chi connectivity index (χ3n) is 2.76. The molecule has 1 heterocycles. The summed E-state index contributed by atoms with van der Waals surface area (Å²) in [6.07, 6.45) is 1.21. The molecule has 0 spiro atoms. The molecule has 116 valence electrons. The fourth-order valence-electron chi connectivity index (χ4n) is 1.67. The van der Waals surface area contributed by atoms with E-state index in [0.717, 1.165) is 4.68 Å². The van der Waals surface area contributed by atoms with Crippen LogP contribution in [0, 0.1) is 12.9 Å². The molecule has 6 nitrogen and oxygen atoms in total. The molecule has 1 N–H and O–H groups in total. The smallest absolute Gasteiger partial charge is 0.277 e. The van der Waals surface area contributed by atoms with E-state index in [9.17, 15) is 9.18 Å². The Bertz CT molecular complexity index is 698. The van der Waals surface area contributed by atoms with Crippen molar-refractivity contribution in [3.05, 3.63) is 46.5 Å². The van der Waals surface area contributed by atoms with E-state index in [1.807, 2.05) is 0 Å². The van der Waals surface area contributed by atoms with Gasteiger partial charge in [-0.05, 0) is 31.2 Å². The number of aromatic nitrogens is 2. The van der Waals surface area contributed by atoms with Gasteiger partial charge in [0.15, 0.2) is 6.61 Å². The first-order chi connectivity index (χ1) is 10.5. The van der Waals surface area contributed by atoms with Gasteiger partial charge < -0.3 is 4.74 Å². The first kappa shape index (κ1) is 16.0. The quantitative estimate of drug-likeness (QED) is 0.676. The molecule has 1 aromatic heterocycles. The van der Waals surface area contributed by atoms with Gasteiger partial charge in [0.2, 0.25) is 5.95 Å². The number of hydrazone groups is 1. The summed E-state index contributed by atoms with van der Waals surface area (Å²) in [6, 6.07) is 6.60. The van der Waals surface area contributed by atoms with Crippen LogP contribution in [0.1, 0.15) is 11.3 Å². The summed E-state index contributed by atoms with van der Waals surface area (Å²) in [5.74, 6) is -0.473. The van der Waals surface area contributed by atoms with Crippen LogP contribution in [0.2, 0.25) is 5.02 Å². The number of aryl methyl sites for hydroxylation is 2. The van der Waals surface area contributed by atoms with Crippen LogP contribution in [0.4, 0.5) is 4.39 Å². The number of rotatable bonds is 5. The highest BCUT2D eigenvalue weighted by Gasteiger charge is 2.10. The maximum absolute atomic E-state index is 13.6. The number of nitrogens with zero attached hydrogens (tertiary/aromatic N) is 3. The molecule has 1 amide bonds. The minimum absolute atomic E-state index is 0.215. The van der Waals surface area contributed by atoms with Crippen LogP contribution in [-0.2, 0) is 11.8 Å². The van der Waals surface area contributed by atoms with E-state index < -0.39 is 11.9 Å². The summed E-state index contributed by atoms with van der Waals surface area (Å²) in [5, 5.41) is 8.16. The zero-order valence-electron chi connectivity index (χ0n) is 12.0. The normalized spacial score (nSPS) is 10.9. The lowest BCUT2D eigenvalue weighted by Gasteiger charge is -2.04. The molecule has 0 fully saturated rings. The van der Waals surface area contributed by atoms with Crippen LogP contribution in [0.25, 0.3) is 0 Å². The number of hydrogen-bond acceptors (Lipinski definition) is 4. The molecule has 0 atom stereocenters. The molecule has 0 aliphatic carbocycles. The lowest BCUT2D eigenvalue weighted by atomic mass is 10.3. The molecule has 0 radical (unpaired) electrons. The van der Waals surface area contributed by atoms with Crippen molar-refractivity contribution in [1.82, 2.24) is 15.2 Å². The predicted molar refractivity (Wildman–Crippen MR) is 80.6 cm³/mol. The van der Waals surface area contributed by atoms with E-state index in [0.29, 0.717) is 16.5 Å². The van der Waals surface area contributed by atoms with Crippen molar-refractivity contribution in [3.63, 3.8) is 0 Å². The summed E-state index contributed by atoms with van der Waals surface area (Å²) in [4.78, 5) is 11.6. The number of hydrogen-bond donors (Lipinski definition) is 1. The van der Waals surface area contributed by atoms with Crippen LogP contribution in [0.5, 0.6) is 5.75 Å². The van der Waals surface area contributed by atoms with Crippen molar-refractivity contribution in [2.24, 2.45) is 12.1 Å². The fourth-order valence-corrected chi connectivity index (χ4v) is 1.80. The first-order valence-corrected chi connectivity index (χ1v) is 6.74. The largest absolute Gasteiger partial charge is 0.484 e. The minimum Gasteiger partial charge on any atom is -0.484 e.